The van der Waals surface area contributed by atoms with Gasteiger partial charge >= 0.3 is 0 Å². The van der Waals surface area contributed by atoms with Crippen LogP contribution in [0.5, 0.6) is 0 Å². The Bertz CT molecular complexity index is 849. The van der Waals surface area contributed by atoms with Crippen molar-refractivity contribution < 1.29 is 0 Å². The number of halogens is 1. The van der Waals surface area contributed by atoms with Crippen LogP contribution in [0.3, 0.4) is 0 Å². The maximum atomic E-state index is 5.89. The average molecular weight is 337 g/mol. The molecular weight excluding hydrogens is 320 g/mol. The molecule has 0 amide bonds. The number of hydrogen-bond acceptors (Lipinski definition) is 3. The van der Waals surface area contributed by atoms with Crippen molar-refractivity contribution in [2.24, 2.45) is 10.2 Å². The van der Waals surface area contributed by atoms with E-state index in [4.69, 9.17) is 11.6 Å². The molecule has 0 atom stereocenters. The molecule has 0 unspecified atom stereocenters. The number of nitrogens with zero attached hydrogens (tertiary/aromatic N) is 4. The van der Waals surface area contributed by atoms with Crippen LogP contribution < -0.4 is 0 Å². The zero-order valence-corrected chi connectivity index (χ0v) is 14.1. The number of hydrogen-bond donors (Lipinski definition) is 0. The number of rotatable bonds is 5. The van der Waals surface area contributed by atoms with Crippen LogP contribution in [0, 0.1) is 0 Å². The summed E-state index contributed by atoms with van der Waals surface area (Å²) < 4.78 is 2.03. The highest BCUT2D eigenvalue weighted by atomic mass is 35.5. The van der Waals surface area contributed by atoms with Crippen molar-refractivity contribution in [1.82, 2.24) is 9.55 Å². The fourth-order valence-electron chi connectivity index (χ4n) is 2.28. The van der Waals surface area contributed by atoms with Gasteiger partial charge in [0.1, 0.15) is 0 Å². The third-order valence-corrected chi connectivity index (χ3v) is 3.84. The molecule has 0 radical (unpaired) electrons. The van der Waals surface area contributed by atoms with Crippen LogP contribution in [0.1, 0.15) is 23.9 Å². The molecule has 3 rings (SSSR count). The van der Waals surface area contributed by atoms with Crippen LogP contribution in [0.15, 0.2) is 77.2 Å². The van der Waals surface area contributed by atoms with Gasteiger partial charge < -0.3 is 4.57 Å². The van der Waals surface area contributed by atoms with Crippen LogP contribution in [-0.2, 0) is 6.54 Å². The summed E-state index contributed by atoms with van der Waals surface area (Å²) in [6.07, 6.45) is 5.37. The minimum Gasteiger partial charge on any atom is -0.326 e. The summed E-state index contributed by atoms with van der Waals surface area (Å²) in [5.74, 6) is 0.770. The predicted octanol–water partition coefficient (Wildman–Crippen LogP) is 4.43. The predicted molar refractivity (Wildman–Crippen MR) is 99.0 cm³/mol. The monoisotopic (exact) mass is 336 g/mol. The van der Waals surface area contributed by atoms with E-state index in [-0.39, 0.29) is 0 Å². The van der Waals surface area contributed by atoms with E-state index < -0.39 is 0 Å². The molecule has 4 nitrogen and oxygen atoms in total. The molecule has 5 heteroatoms. The van der Waals surface area contributed by atoms with E-state index in [0.29, 0.717) is 5.02 Å². The first-order valence-corrected chi connectivity index (χ1v) is 7.99. The van der Waals surface area contributed by atoms with E-state index in [0.717, 1.165) is 23.6 Å². The molecule has 3 aromatic rings. The highest BCUT2D eigenvalue weighted by molar-refractivity contribution is 6.30. The van der Waals surface area contributed by atoms with Gasteiger partial charge in [0.2, 0.25) is 0 Å². The molecule has 1 aromatic heterocycles. The molecule has 0 saturated heterocycles. The van der Waals surface area contributed by atoms with Crippen LogP contribution in [0.2, 0.25) is 5.02 Å². The van der Waals surface area contributed by atoms with Crippen LogP contribution in [0.25, 0.3) is 0 Å². The summed E-state index contributed by atoms with van der Waals surface area (Å²) >= 11 is 5.89. The highest BCUT2D eigenvalue weighted by Crippen LogP contribution is 2.10. The van der Waals surface area contributed by atoms with Crippen molar-refractivity contribution in [3.05, 3.63) is 89.0 Å². The Morgan fingerprint density at radius 2 is 1.88 bits per heavy atom. The van der Waals surface area contributed by atoms with Gasteiger partial charge in [-0.25, -0.2) is 4.98 Å². The lowest BCUT2D eigenvalue weighted by molar-refractivity contribution is 0.789. The summed E-state index contributed by atoms with van der Waals surface area (Å²) in [4.78, 5) is 4.32. The molecule has 2 aromatic carbocycles. The van der Waals surface area contributed by atoms with Crippen molar-refractivity contribution in [2.45, 2.75) is 13.5 Å². The quantitative estimate of drug-likeness (QED) is 0.502. The molecule has 0 saturated carbocycles. The lowest BCUT2D eigenvalue weighted by atomic mass is 10.1. The van der Waals surface area contributed by atoms with Gasteiger partial charge in [0.05, 0.1) is 11.9 Å². The van der Waals surface area contributed by atoms with E-state index >= 15 is 0 Å². The largest absolute Gasteiger partial charge is 0.326 e. The number of aromatic nitrogens is 2. The molecule has 0 fully saturated rings. The van der Waals surface area contributed by atoms with Crippen molar-refractivity contribution in [1.29, 1.82) is 0 Å². The van der Waals surface area contributed by atoms with E-state index in [1.165, 1.54) is 5.56 Å². The van der Waals surface area contributed by atoms with Gasteiger partial charge in [-0.15, -0.1) is 0 Å². The summed E-state index contributed by atoms with van der Waals surface area (Å²) in [5, 5.41) is 9.10. The average Bonchev–Trinajstić information content (AvgIpc) is 3.03. The summed E-state index contributed by atoms with van der Waals surface area (Å²) in [5.41, 5.74) is 3.03. The maximum absolute atomic E-state index is 5.89. The van der Waals surface area contributed by atoms with Gasteiger partial charge in [0.25, 0.3) is 0 Å². The molecule has 0 aliphatic heterocycles. The van der Waals surface area contributed by atoms with Crippen LogP contribution in [0.4, 0.5) is 0 Å². The van der Waals surface area contributed by atoms with Gasteiger partial charge in [-0.1, -0.05) is 54.1 Å². The second kappa shape index (κ2) is 7.70. The summed E-state index contributed by atoms with van der Waals surface area (Å²) in [7, 11) is 0. The minimum absolute atomic E-state index is 0.706. The van der Waals surface area contributed by atoms with E-state index in [1.807, 2.05) is 60.2 Å². The molecule has 120 valence electrons. The van der Waals surface area contributed by atoms with Crippen molar-refractivity contribution in [2.75, 3.05) is 0 Å². The molecule has 24 heavy (non-hydrogen) atoms. The fourth-order valence-corrected chi connectivity index (χ4v) is 2.40. The molecule has 0 spiro atoms. The van der Waals surface area contributed by atoms with E-state index in [9.17, 15) is 0 Å². The van der Waals surface area contributed by atoms with Gasteiger partial charge in [-0.05, 0) is 30.2 Å². The smallest absolute Gasteiger partial charge is 0.153 e. The zero-order valence-electron chi connectivity index (χ0n) is 13.3. The minimum atomic E-state index is 0.706. The second-order valence-corrected chi connectivity index (χ2v) is 5.77. The zero-order chi connectivity index (χ0) is 16.8. The Kier molecular flexibility index (Phi) is 5.18. The van der Waals surface area contributed by atoms with Crippen molar-refractivity contribution in [3.8, 4) is 0 Å². The Morgan fingerprint density at radius 1 is 1.12 bits per heavy atom. The summed E-state index contributed by atoms with van der Waals surface area (Å²) in [6, 6.07) is 17.8. The normalized spacial score (nSPS) is 12.0. The highest BCUT2D eigenvalue weighted by Gasteiger charge is 2.01. The Balaban J connectivity index is 1.72. The fraction of sp³-hybridized carbons (Fsp3) is 0.105. The van der Waals surface area contributed by atoms with Gasteiger partial charge in [0, 0.05) is 24.0 Å². The van der Waals surface area contributed by atoms with Crippen molar-refractivity contribution in [3.63, 3.8) is 0 Å². The number of benzene rings is 2. The molecule has 0 bridgehead atoms. The molecule has 0 N–H and O–H groups in total. The molecule has 0 aliphatic rings. The lowest BCUT2D eigenvalue weighted by Crippen LogP contribution is -2.03. The number of imidazole rings is 1. The molecule has 1 heterocycles. The Hall–Kier alpha value is -2.72. The van der Waals surface area contributed by atoms with Crippen LogP contribution >= 0.6 is 11.6 Å². The molecular formula is C19H17ClN4. The first-order chi connectivity index (χ1) is 11.7. The maximum Gasteiger partial charge on any atom is 0.153 e. The Morgan fingerprint density at radius 3 is 2.62 bits per heavy atom. The van der Waals surface area contributed by atoms with Crippen molar-refractivity contribution >= 4 is 23.5 Å². The second-order valence-electron chi connectivity index (χ2n) is 5.34. The SMILES string of the molecule is C/C(=N\N=C/c1nccn1Cc1ccccc1)c1ccc(Cl)cc1. The lowest BCUT2D eigenvalue weighted by Gasteiger charge is -2.04. The first-order valence-electron chi connectivity index (χ1n) is 7.61. The molecule has 0 aliphatic carbocycles. The standard InChI is InChI=1S/C19H17ClN4/c1-15(17-7-9-18(20)10-8-17)23-22-13-19-21-11-12-24(19)14-16-5-3-2-4-6-16/h2-13H,14H2,1H3/b22-13-,23-15+. The summed E-state index contributed by atoms with van der Waals surface area (Å²) in [6.45, 7) is 2.67. The van der Waals surface area contributed by atoms with Crippen LogP contribution in [-0.4, -0.2) is 21.5 Å². The Labute approximate surface area is 146 Å². The van der Waals surface area contributed by atoms with Gasteiger partial charge in [0.15, 0.2) is 5.82 Å². The third kappa shape index (κ3) is 4.18. The first kappa shape index (κ1) is 16.1. The van der Waals surface area contributed by atoms with Gasteiger partial charge in [-0.3, -0.25) is 0 Å². The van der Waals surface area contributed by atoms with E-state index in [2.05, 4.69) is 27.3 Å². The topological polar surface area (TPSA) is 42.5 Å². The van der Waals surface area contributed by atoms with E-state index in [1.54, 1.807) is 12.4 Å². The van der Waals surface area contributed by atoms with Gasteiger partial charge in [-0.2, -0.15) is 10.2 Å². The third-order valence-electron chi connectivity index (χ3n) is 3.59.